The SMILES string of the molecule is CCOC1CC(NCC(C)(C)O)C12CCCCC2. The molecular weight excluding hydrogens is 226 g/mol. The molecule has 0 radical (unpaired) electrons. The van der Waals surface area contributed by atoms with Crippen molar-refractivity contribution in [2.24, 2.45) is 5.41 Å². The molecule has 2 unspecified atom stereocenters. The minimum Gasteiger partial charge on any atom is -0.389 e. The van der Waals surface area contributed by atoms with Crippen molar-refractivity contribution in [2.75, 3.05) is 13.2 Å². The predicted octanol–water partition coefficient (Wildman–Crippen LogP) is 2.47. The van der Waals surface area contributed by atoms with Crippen LogP contribution in [-0.4, -0.2) is 36.0 Å². The maximum absolute atomic E-state index is 9.85. The van der Waals surface area contributed by atoms with Crippen LogP contribution < -0.4 is 5.32 Å². The van der Waals surface area contributed by atoms with E-state index < -0.39 is 5.60 Å². The third-order valence-electron chi connectivity index (χ3n) is 4.72. The van der Waals surface area contributed by atoms with Gasteiger partial charge in [-0.3, -0.25) is 0 Å². The first-order valence-corrected chi connectivity index (χ1v) is 7.55. The number of hydrogen-bond donors (Lipinski definition) is 2. The Kier molecular flexibility index (Phi) is 4.35. The van der Waals surface area contributed by atoms with E-state index in [0.717, 1.165) is 13.0 Å². The zero-order valence-electron chi connectivity index (χ0n) is 12.2. The highest BCUT2D eigenvalue weighted by molar-refractivity contribution is 5.09. The minimum absolute atomic E-state index is 0.361. The molecule has 3 nitrogen and oxygen atoms in total. The molecule has 106 valence electrons. The van der Waals surface area contributed by atoms with Crippen molar-refractivity contribution in [3.05, 3.63) is 0 Å². The van der Waals surface area contributed by atoms with E-state index in [0.29, 0.717) is 24.1 Å². The molecular formula is C15H29NO2. The van der Waals surface area contributed by atoms with Gasteiger partial charge in [-0.2, -0.15) is 0 Å². The summed E-state index contributed by atoms with van der Waals surface area (Å²) >= 11 is 0. The number of hydrogen-bond acceptors (Lipinski definition) is 3. The standard InChI is InChI=1S/C15H29NO2/c1-4-18-13-10-12(16-11-14(2,3)17)15(13)8-6-5-7-9-15/h12-13,16-17H,4-11H2,1-3H3. The largest absolute Gasteiger partial charge is 0.389 e. The summed E-state index contributed by atoms with van der Waals surface area (Å²) < 4.78 is 5.93. The molecule has 0 aliphatic heterocycles. The van der Waals surface area contributed by atoms with Gasteiger partial charge in [0.25, 0.3) is 0 Å². The molecule has 0 aromatic rings. The van der Waals surface area contributed by atoms with E-state index in [1.807, 2.05) is 13.8 Å². The Hall–Kier alpha value is -0.120. The molecule has 18 heavy (non-hydrogen) atoms. The highest BCUT2D eigenvalue weighted by Gasteiger charge is 2.55. The molecule has 2 fully saturated rings. The predicted molar refractivity (Wildman–Crippen MR) is 73.6 cm³/mol. The van der Waals surface area contributed by atoms with Crippen LogP contribution in [0.15, 0.2) is 0 Å². The van der Waals surface area contributed by atoms with Gasteiger partial charge in [-0.15, -0.1) is 0 Å². The molecule has 0 bridgehead atoms. The molecule has 2 rings (SSSR count). The van der Waals surface area contributed by atoms with E-state index in [-0.39, 0.29) is 0 Å². The zero-order chi connectivity index (χ0) is 13.2. The fraction of sp³-hybridized carbons (Fsp3) is 1.00. The topological polar surface area (TPSA) is 41.5 Å². The third-order valence-corrected chi connectivity index (χ3v) is 4.72. The van der Waals surface area contributed by atoms with Crippen LogP contribution in [-0.2, 0) is 4.74 Å². The van der Waals surface area contributed by atoms with Crippen molar-refractivity contribution in [1.82, 2.24) is 5.32 Å². The van der Waals surface area contributed by atoms with E-state index in [4.69, 9.17) is 4.74 Å². The second kappa shape index (κ2) is 5.48. The van der Waals surface area contributed by atoms with Gasteiger partial charge in [0.15, 0.2) is 0 Å². The lowest BCUT2D eigenvalue weighted by atomic mass is 9.55. The molecule has 2 saturated carbocycles. The third kappa shape index (κ3) is 2.89. The van der Waals surface area contributed by atoms with Gasteiger partial charge in [0.05, 0.1) is 11.7 Å². The lowest BCUT2D eigenvalue weighted by Gasteiger charge is -2.58. The van der Waals surface area contributed by atoms with Crippen LogP contribution in [0.25, 0.3) is 0 Å². The molecule has 0 aromatic carbocycles. The fourth-order valence-electron chi connectivity index (χ4n) is 3.72. The fourth-order valence-corrected chi connectivity index (χ4v) is 3.72. The summed E-state index contributed by atoms with van der Waals surface area (Å²) in [5.74, 6) is 0. The average molecular weight is 255 g/mol. The van der Waals surface area contributed by atoms with Gasteiger partial charge in [-0.1, -0.05) is 19.3 Å². The van der Waals surface area contributed by atoms with Crippen LogP contribution in [0.2, 0.25) is 0 Å². The smallest absolute Gasteiger partial charge is 0.0715 e. The lowest BCUT2D eigenvalue weighted by Crippen LogP contribution is -2.65. The summed E-state index contributed by atoms with van der Waals surface area (Å²) in [5, 5.41) is 13.4. The van der Waals surface area contributed by atoms with E-state index in [1.54, 1.807) is 0 Å². The summed E-state index contributed by atoms with van der Waals surface area (Å²) in [6.07, 6.45) is 8.20. The Balaban J connectivity index is 1.94. The summed E-state index contributed by atoms with van der Waals surface area (Å²) in [6, 6.07) is 0.542. The number of nitrogens with one attached hydrogen (secondary N) is 1. The molecule has 2 aliphatic rings. The van der Waals surface area contributed by atoms with Crippen molar-refractivity contribution in [3.8, 4) is 0 Å². The van der Waals surface area contributed by atoms with Crippen molar-refractivity contribution >= 4 is 0 Å². The van der Waals surface area contributed by atoms with Crippen LogP contribution in [0.4, 0.5) is 0 Å². The van der Waals surface area contributed by atoms with E-state index in [1.165, 1.54) is 32.1 Å². The van der Waals surface area contributed by atoms with Crippen molar-refractivity contribution < 1.29 is 9.84 Å². The van der Waals surface area contributed by atoms with Crippen LogP contribution in [0.5, 0.6) is 0 Å². The summed E-state index contributed by atoms with van der Waals surface area (Å²) in [7, 11) is 0. The molecule has 3 heteroatoms. The molecule has 2 N–H and O–H groups in total. The van der Waals surface area contributed by atoms with Crippen LogP contribution in [0, 0.1) is 5.41 Å². The van der Waals surface area contributed by atoms with E-state index in [9.17, 15) is 5.11 Å². The Bertz CT molecular complexity index is 266. The lowest BCUT2D eigenvalue weighted by molar-refractivity contribution is -0.152. The van der Waals surface area contributed by atoms with Gasteiger partial charge in [0.1, 0.15) is 0 Å². The Morgan fingerprint density at radius 2 is 1.94 bits per heavy atom. The minimum atomic E-state index is -0.618. The van der Waals surface area contributed by atoms with Gasteiger partial charge in [0, 0.05) is 24.6 Å². The number of ether oxygens (including phenoxy) is 1. The number of rotatable bonds is 5. The quantitative estimate of drug-likeness (QED) is 0.793. The molecule has 0 amide bonds. The molecule has 1 spiro atoms. The summed E-state index contributed by atoms with van der Waals surface area (Å²) in [5.41, 5.74) is -0.258. The van der Waals surface area contributed by atoms with E-state index >= 15 is 0 Å². The second-order valence-corrected chi connectivity index (χ2v) is 6.72. The van der Waals surface area contributed by atoms with Crippen molar-refractivity contribution in [3.63, 3.8) is 0 Å². The Morgan fingerprint density at radius 1 is 1.28 bits per heavy atom. The van der Waals surface area contributed by atoms with E-state index in [2.05, 4.69) is 12.2 Å². The molecule has 0 heterocycles. The number of aliphatic hydroxyl groups is 1. The van der Waals surface area contributed by atoms with Gasteiger partial charge in [0.2, 0.25) is 0 Å². The maximum atomic E-state index is 9.85. The monoisotopic (exact) mass is 255 g/mol. The van der Waals surface area contributed by atoms with Gasteiger partial charge in [-0.25, -0.2) is 0 Å². The van der Waals surface area contributed by atoms with Crippen molar-refractivity contribution in [2.45, 2.75) is 77.0 Å². The Labute approximate surface area is 111 Å². The maximum Gasteiger partial charge on any atom is 0.0715 e. The first-order chi connectivity index (χ1) is 8.48. The molecule has 2 aliphatic carbocycles. The highest BCUT2D eigenvalue weighted by atomic mass is 16.5. The molecule has 0 saturated heterocycles. The average Bonchev–Trinajstić information content (AvgIpc) is 2.32. The zero-order valence-corrected chi connectivity index (χ0v) is 12.2. The van der Waals surface area contributed by atoms with Crippen molar-refractivity contribution in [1.29, 1.82) is 0 Å². The normalized spacial score (nSPS) is 31.3. The summed E-state index contributed by atoms with van der Waals surface area (Å²) in [4.78, 5) is 0. The first kappa shape index (κ1) is 14.3. The highest BCUT2D eigenvalue weighted by Crippen LogP contribution is 2.53. The van der Waals surface area contributed by atoms with Crippen LogP contribution >= 0.6 is 0 Å². The van der Waals surface area contributed by atoms with Crippen LogP contribution in [0.3, 0.4) is 0 Å². The van der Waals surface area contributed by atoms with Gasteiger partial charge >= 0.3 is 0 Å². The van der Waals surface area contributed by atoms with Gasteiger partial charge in [-0.05, 0) is 40.0 Å². The Morgan fingerprint density at radius 3 is 2.50 bits per heavy atom. The van der Waals surface area contributed by atoms with Gasteiger partial charge < -0.3 is 15.2 Å². The van der Waals surface area contributed by atoms with Crippen LogP contribution in [0.1, 0.15) is 59.3 Å². The molecule has 0 aromatic heterocycles. The molecule has 2 atom stereocenters. The first-order valence-electron chi connectivity index (χ1n) is 7.55. The second-order valence-electron chi connectivity index (χ2n) is 6.72. The summed E-state index contributed by atoms with van der Waals surface area (Å²) in [6.45, 7) is 7.33.